The van der Waals surface area contributed by atoms with Crippen molar-refractivity contribution >= 4 is 0 Å². The molecule has 1 radical (unpaired) electrons. The van der Waals surface area contributed by atoms with E-state index < -0.39 is 0 Å². The van der Waals surface area contributed by atoms with E-state index in [1.54, 1.807) is 17.6 Å². The van der Waals surface area contributed by atoms with Crippen LogP contribution in [0.3, 0.4) is 0 Å². The van der Waals surface area contributed by atoms with Crippen LogP contribution in [0, 0.1) is 31.8 Å². The maximum Gasteiger partial charge on any atom is 0.197 e. The van der Waals surface area contributed by atoms with E-state index in [0.717, 1.165) is 22.6 Å². The van der Waals surface area contributed by atoms with Gasteiger partial charge in [-0.05, 0) is 26.0 Å². The molecule has 117 valence electrons. The number of pyridine rings is 1. The smallest absolute Gasteiger partial charge is 0.197 e. The summed E-state index contributed by atoms with van der Waals surface area (Å²) < 4.78 is 7.32. The van der Waals surface area contributed by atoms with Crippen molar-refractivity contribution in [1.82, 2.24) is 4.57 Å². The van der Waals surface area contributed by atoms with Gasteiger partial charge in [0.15, 0.2) is 5.56 Å². The van der Waals surface area contributed by atoms with Crippen molar-refractivity contribution in [3.05, 3.63) is 51.8 Å². The van der Waals surface area contributed by atoms with Crippen LogP contribution in [-0.2, 0) is 39.3 Å². The van der Waals surface area contributed by atoms with Crippen molar-refractivity contribution in [2.75, 3.05) is 6.61 Å². The molecule has 0 N–H and O–H groups in total. The Morgan fingerprint density at radius 3 is 2.61 bits per heavy atom. The summed E-state index contributed by atoms with van der Waals surface area (Å²) in [6.07, 6.45) is 0. The number of aryl methyl sites for hydroxylation is 2. The summed E-state index contributed by atoms with van der Waals surface area (Å²) in [6, 6.07) is 10.8. The van der Waals surface area contributed by atoms with Gasteiger partial charge in [-0.25, -0.2) is 0 Å². The van der Waals surface area contributed by atoms with Crippen LogP contribution >= 0.6 is 0 Å². The van der Waals surface area contributed by atoms with Crippen LogP contribution in [0.15, 0.2) is 29.1 Å². The molecule has 0 fully saturated rings. The minimum atomic E-state index is 0. The van der Waals surface area contributed by atoms with Gasteiger partial charge in [0.1, 0.15) is 12.4 Å². The third kappa shape index (κ3) is 4.56. The van der Waals surface area contributed by atoms with Crippen LogP contribution in [0.2, 0.25) is 0 Å². The number of benzene rings is 1. The van der Waals surface area contributed by atoms with E-state index in [2.05, 4.69) is 17.9 Å². The first kappa shape index (κ1) is 19.7. The molecule has 0 atom stereocenters. The fraction of sp³-hybridized carbons (Fsp3) is 0.316. The SMILES string of the molecule is CC#CCOc1ccc(-c2[c-]cc(C)c(=O)n2CC)c(C)c1.[Y]. The Bertz CT molecular complexity index is 797. The monoisotopic (exact) mass is 383 g/mol. The van der Waals surface area contributed by atoms with Crippen molar-refractivity contribution in [2.45, 2.75) is 34.2 Å². The van der Waals surface area contributed by atoms with E-state index in [0.29, 0.717) is 18.7 Å². The molecule has 0 saturated heterocycles. The summed E-state index contributed by atoms with van der Waals surface area (Å²) in [7, 11) is 0. The average Bonchev–Trinajstić information content (AvgIpc) is 2.51. The molecule has 0 unspecified atom stereocenters. The molecule has 0 amide bonds. The van der Waals surface area contributed by atoms with Gasteiger partial charge >= 0.3 is 0 Å². The number of rotatable bonds is 4. The molecule has 1 heterocycles. The first-order valence-electron chi connectivity index (χ1n) is 7.34. The minimum Gasteiger partial charge on any atom is -0.481 e. The maximum atomic E-state index is 12.2. The van der Waals surface area contributed by atoms with E-state index in [4.69, 9.17) is 4.74 Å². The molecule has 2 rings (SSSR count). The van der Waals surface area contributed by atoms with Crippen molar-refractivity contribution < 1.29 is 37.4 Å². The molecule has 4 heteroatoms. The predicted molar refractivity (Wildman–Crippen MR) is 89.1 cm³/mol. The van der Waals surface area contributed by atoms with E-state index in [1.807, 2.05) is 39.0 Å². The molecule has 0 bridgehead atoms. The molecule has 1 aromatic heterocycles. The fourth-order valence-electron chi connectivity index (χ4n) is 2.34. The van der Waals surface area contributed by atoms with Crippen LogP contribution in [0.4, 0.5) is 0 Å². The zero-order valence-electron chi connectivity index (χ0n) is 14.1. The van der Waals surface area contributed by atoms with Crippen LogP contribution in [0.5, 0.6) is 5.75 Å². The van der Waals surface area contributed by atoms with Crippen LogP contribution in [-0.4, -0.2) is 11.2 Å². The average molecular weight is 383 g/mol. The van der Waals surface area contributed by atoms with E-state index in [-0.39, 0.29) is 38.3 Å². The third-order valence-corrected chi connectivity index (χ3v) is 3.53. The van der Waals surface area contributed by atoms with Gasteiger partial charge in [-0.3, -0.25) is 4.79 Å². The predicted octanol–water partition coefficient (Wildman–Crippen LogP) is 3.35. The minimum absolute atomic E-state index is 0. The second-order valence-corrected chi connectivity index (χ2v) is 5.06. The molecular weight excluding hydrogens is 363 g/mol. The van der Waals surface area contributed by atoms with E-state index >= 15 is 0 Å². The molecule has 23 heavy (non-hydrogen) atoms. The molecule has 0 aliphatic rings. The Kier molecular flexibility index (Phi) is 7.75. The number of hydrogen-bond acceptors (Lipinski definition) is 2. The standard InChI is InChI=1S/C19H20NO2.Y/c1-5-7-12-22-16-9-10-17(15(4)13-16)18-11-8-14(3)19(21)20(18)6-2;/h8-10,13H,6,12H2,1-4H3;/q-1;. The zero-order chi connectivity index (χ0) is 16.1. The van der Waals surface area contributed by atoms with Gasteiger partial charge in [0.25, 0.3) is 0 Å². The maximum absolute atomic E-state index is 12.2. The van der Waals surface area contributed by atoms with Crippen molar-refractivity contribution in [1.29, 1.82) is 0 Å². The summed E-state index contributed by atoms with van der Waals surface area (Å²) in [5.41, 5.74) is 3.60. The van der Waals surface area contributed by atoms with Gasteiger partial charge in [-0.2, -0.15) is 12.1 Å². The Labute approximate surface area is 162 Å². The van der Waals surface area contributed by atoms with E-state index in [1.165, 1.54) is 0 Å². The van der Waals surface area contributed by atoms with Crippen molar-refractivity contribution in [2.24, 2.45) is 0 Å². The summed E-state index contributed by atoms with van der Waals surface area (Å²) in [4.78, 5) is 12.2. The van der Waals surface area contributed by atoms with Gasteiger partial charge < -0.3 is 9.30 Å². The molecule has 0 saturated carbocycles. The summed E-state index contributed by atoms with van der Waals surface area (Å²) in [5.74, 6) is 6.45. The Morgan fingerprint density at radius 1 is 1.26 bits per heavy atom. The third-order valence-electron chi connectivity index (χ3n) is 3.53. The molecule has 3 nitrogen and oxygen atoms in total. The molecule has 2 aromatic rings. The van der Waals surface area contributed by atoms with Crippen LogP contribution in [0.25, 0.3) is 11.3 Å². The Hall–Kier alpha value is -1.37. The largest absolute Gasteiger partial charge is 0.481 e. The quantitative estimate of drug-likeness (QED) is 0.599. The van der Waals surface area contributed by atoms with Crippen molar-refractivity contribution in [3.63, 3.8) is 0 Å². The first-order chi connectivity index (χ1) is 10.6. The molecule has 0 aliphatic heterocycles. The second-order valence-electron chi connectivity index (χ2n) is 5.06. The van der Waals surface area contributed by atoms with Crippen molar-refractivity contribution in [3.8, 4) is 28.8 Å². The second kappa shape index (κ2) is 9.06. The van der Waals surface area contributed by atoms with Crippen LogP contribution in [0.1, 0.15) is 25.0 Å². The molecule has 0 spiro atoms. The Balaban J connectivity index is 0.00000264. The van der Waals surface area contributed by atoms with Crippen LogP contribution < -0.4 is 10.3 Å². The van der Waals surface area contributed by atoms with Gasteiger partial charge in [0.05, 0.1) is 0 Å². The van der Waals surface area contributed by atoms with Gasteiger partial charge in [-0.1, -0.05) is 42.2 Å². The summed E-state index contributed by atoms with van der Waals surface area (Å²) >= 11 is 0. The molecular formula is C19H20NO2Y-. The molecule has 1 aromatic carbocycles. The van der Waals surface area contributed by atoms with E-state index in [9.17, 15) is 4.79 Å². The normalized spacial score (nSPS) is 9.57. The number of nitrogens with zero attached hydrogens (tertiary/aromatic N) is 1. The molecule has 0 aliphatic carbocycles. The number of aromatic nitrogens is 1. The van der Waals surface area contributed by atoms with Gasteiger partial charge in [0, 0.05) is 39.3 Å². The topological polar surface area (TPSA) is 31.2 Å². The number of ether oxygens (including phenoxy) is 1. The zero-order valence-corrected chi connectivity index (χ0v) is 16.9. The summed E-state index contributed by atoms with van der Waals surface area (Å²) in [6.45, 7) is 8.57. The fourth-order valence-corrected chi connectivity index (χ4v) is 2.34. The first-order valence-corrected chi connectivity index (χ1v) is 7.34. The number of hydrogen-bond donors (Lipinski definition) is 0. The van der Waals surface area contributed by atoms with Gasteiger partial charge in [0.2, 0.25) is 0 Å². The van der Waals surface area contributed by atoms with Gasteiger partial charge in [-0.15, -0.1) is 12.0 Å². The Morgan fingerprint density at radius 2 is 2.00 bits per heavy atom. The summed E-state index contributed by atoms with van der Waals surface area (Å²) in [5, 5.41) is 0.